The van der Waals surface area contributed by atoms with E-state index in [1.807, 2.05) is 24.3 Å². The van der Waals surface area contributed by atoms with Gasteiger partial charge in [-0.1, -0.05) is 194 Å². The predicted molar refractivity (Wildman–Crippen MR) is 253 cm³/mol. The molecule has 0 atom stereocenters. The lowest BCUT2D eigenvalue weighted by Gasteiger charge is -2.12. The normalized spacial score (nSPS) is 11.3. The second kappa shape index (κ2) is 15.6. The van der Waals surface area contributed by atoms with Crippen LogP contribution >= 0.6 is 0 Å². The van der Waals surface area contributed by atoms with Gasteiger partial charge in [0.1, 0.15) is 11.2 Å². The minimum absolute atomic E-state index is 0.872. The summed E-state index contributed by atoms with van der Waals surface area (Å²) in [5, 5.41) is 2.18. The average Bonchev–Trinajstić information content (AvgIpc) is 3.74. The lowest BCUT2D eigenvalue weighted by atomic mass is 9.95. The number of furan rings is 1. The first-order chi connectivity index (χ1) is 30.2. The summed E-state index contributed by atoms with van der Waals surface area (Å²) in [7, 11) is 0. The molecule has 0 amide bonds. The number of nitrogens with zero attached hydrogens (tertiary/aromatic N) is 2. The fourth-order valence-corrected chi connectivity index (χ4v) is 8.43. The van der Waals surface area contributed by atoms with Gasteiger partial charge in [-0.05, 0) is 69.8 Å². The van der Waals surface area contributed by atoms with E-state index >= 15 is 0 Å². The summed E-state index contributed by atoms with van der Waals surface area (Å²) in [6, 6.07) is 80.9. The van der Waals surface area contributed by atoms with Crippen LogP contribution in [0, 0.1) is 0 Å². The van der Waals surface area contributed by atoms with Crippen LogP contribution in [0.15, 0.2) is 235 Å². The van der Waals surface area contributed by atoms with Crippen molar-refractivity contribution in [3.8, 4) is 89.5 Å². The average molecular weight is 779 g/mol. The van der Waals surface area contributed by atoms with Crippen molar-refractivity contribution in [2.24, 2.45) is 0 Å². The Morgan fingerprint density at radius 2 is 0.525 bits per heavy atom. The summed E-state index contributed by atoms with van der Waals surface area (Å²) in [5.74, 6) is 0. The quantitative estimate of drug-likeness (QED) is 0.154. The van der Waals surface area contributed by atoms with Crippen LogP contribution in [0.5, 0.6) is 0 Å². The molecule has 0 saturated heterocycles. The van der Waals surface area contributed by atoms with Crippen molar-refractivity contribution in [3.63, 3.8) is 0 Å². The molecule has 8 aromatic carbocycles. The van der Waals surface area contributed by atoms with Gasteiger partial charge in [0.2, 0.25) is 0 Å². The van der Waals surface area contributed by atoms with Crippen LogP contribution < -0.4 is 0 Å². The van der Waals surface area contributed by atoms with Crippen LogP contribution in [0.4, 0.5) is 0 Å². The van der Waals surface area contributed by atoms with Gasteiger partial charge >= 0.3 is 0 Å². The zero-order valence-electron chi connectivity index (χ0n) is 33.2. The van der Waals surface area contributed by atoms with Crippen LogP contribution in [0.2, 0.25) is 0 Å². The molecule has 61 heavy (non-hydrogen) atoms. The molecule has 0 aliphatic heterocycles. The molecule has 0 fully saturated rings. The number of aromatic nitrogens is 2. The van der Waals surface area contributed by atoms with Crippen LogP contribution in [0.25, 0.3) is 111 Å². The van der Waals surface area contributed by atoms with Crippen LogP contribution in [-0.2, 0) is 0 Å². The van der Waals surface area contributed by atoms with E-state index in [1.165, 1.54) is 0 Å². The number of benzene rings is 8. The van der Waals surface area contributed by atoms with Crippen molar-refractivity contribution in [1.29, 1.82) is 0 Å². The Morgan fingerprint density at radius 1 is 0.230 bits per heavy atom. The molecule has 3 heterocycles. The van der Waals surface area contributed by atoms with Gasteiger partial charge in [0, 0.05) is 44.2 Å². The van der Waals surface area contributed by atoms with E-state index in [2.05, 4.69) is 206 Å². The molecule has 0 N–H and O–H groups in total. The molecule has 0 aliphatic carbocycles. The van der Waals surface area contributed by atoms with Gasteiger partial charge in [-0.3, -0.25) is 0 Å². The number of fused-ring (bicyclic) bond motifs is 3. The molecule has 3 aromatic heterocycles. The van der Waals surface area contributed by atoms with E-state index in [9.17, 15) is 0 Å². The Morgan fingerprint density at radius 3 is 0.869 bits per heavy atom. The van der Waals surface area contributed by atoms with Gasteiger partial charge in [-0.2, -0.15) is 0 Å². The fourth-order valence-electron chi connectivity index (χ4n) is 8.43. The maximum Gasteiger partial charge on any atom is 0.143 e. The Labute approximate surface area is 354 Å². The first-order valence-corrected chi connectivity index (χ1v) is 20.6. The molecule has 11 rings (SSSR count). The Kier molecular flexibility index (Phi) is 9.18. The Balaban J connectivity index is 1.00. The highest BCUT2D eigenvalue weighted by atomic mass is 16.3. The molecule has 3 heteroatoms. The molecular weight excluding hydrogens is 741 g/mol. The van der Waals surface area contributed by atoms with E-state index in [0.29, 0.717) is 0 Å². The zero-order chi connectivity index (χ0) is 40.5. The molecule has 0 bridgehead atoms. The molecule has 0 aliphatic rings. The van der Waals surface area contributed by atoms with Crippen LogP contribution in [-0.4, -0.2) is 9.97 Å². The van der Waals surface area contributed by atoms with Crippen LogP contribution in [0.1, 0.15) is 0 Å². The van der Waals surface area contributed by atoms with Crippen LogP contribution in [0.3, 0.4) is 0 Å². The third-order valence-electron chi connectivity index (χ3n) is 11.5. The summed E-state index contributed by atoms with van der Waals surface area (Å²) >= 11 is 0. The highest BCUT2D eigenvalue weighted by molar-refractivity contribution is 6.13. The first kappa shape index (κ1) is 36.0. The molecule has 3 nitrogen and oxygen atoms in total. The standard InChI is InChI=1S/C58H38N2O/c1-5-17-39(18-6-1)53-35-47(36-54(59-53)40-19-7-2-8-20-40)43-25-13-27-45(33-43)49-29-15-31-51-52-32-16-30-50(58(52)61-57(49)51)46-28-14-26-44(34-46)48-37-55(41-21-9-3-10-22-41)60-56(38-48)42-23-11-4-12-24-42/h1-38H. The molecule has 0 saturated carbocycles. The second-order valence-electron chi connectivity index (χ2n) is 15.3. The molecule has 11 aromatic rings. The SMILES string of the molecule is c1ccc(-c2cc(-c3cccc(-c4cccc5c4oc4c(-c6cccc(-c7cc(-c8ccccc8)nc(-c8ccccc8)c7)c6)cccc45)c3)cc(-c3ccccc3)n2)cc1. The molecular formula is C58H38N2O. The fraction of sp³-hybridized carbons (Fsp3) is 0. The summed E-state index contributed by atoms with van der Waals surface area (Å²) in [4.78, 5) is 10.2. The molecule has 0 spiro atoms. The van der Waals surface area contributed by atoms with Crippen molar-refractivity contribution in [3.05, 3.63) is 231 Å². The monoisotopic (exact) mass is 778 g/mol. The van der Waals surface area contributed by atoms with Crippen molar-refractivity contribution in [2.75, 3.05) is 0 Å². The maximum atomic E-state index is 7.00. The Bertz CT molecular complexity index is 3000. The van der Waals surface area contributed by atoms with Crippen molar-refractivity contribution in [1.82, 2.24) is 9.97 Å². The third kappa shape index (κ3) is 6.98. The summed E-state index contributed by atoms with van der Waals surface area (Å²) in [6.45, 7) is 0. The van der Waals surface area contributed by atoms with Gasteiger partial charge < -0.3 is 4.42 Å². The van der Waals surface area contributed by atoms with Crippen molar-refractivity contribution in [2.45, 2.75) is 0 Å². The van der Waals surface area contributed by atoms with Gasteiger partial charge in [0.15, 0.2) is 0 Å². The number of hydrogen-bond donors (Lipinski definition) is 0. The summed E-state index contributed by atoms with van der Waals surface area (Å²) in [5.41, 5.74) is 18.6. The van der Waals surface area contributed by atoms with E-state index < -0.39 is 0 Å². The van der Waals surface area contributed by atoms with E-state index in [-0.39, 0.29) is 0 Å². The smallest absolute Gasteiger partial charge is 0.143 e. The van der Waals surface area contributed by atoms with Gasteiger partial charge in [-0.15, -0.1) is 0 Å². The van der Waals surface area contributed by atoms with Gasteiger partial charge in [0.25, 0.3) is 0 Å². The number of hydrogen-bond acceptors (Lipinski definition) is 3. The lowest BCUT2D eigenvalue weighted by Crippen LogP contribution is -1.91. The van der Waals surface area contributed by atoms with Gasteiger partial charge in [-0.25, -0.2) is 9.97 Å². The number of para-hydroxylation sites is 2. The van der Waals surface area contributed by atoms with E-state index in [1.54, 1.807) is 0 Å². The van der Waals surface area contributed by atoms with Crippen molar-refractivity contribution >= 4 is 21.9 Å². The zero-order valence-corrected chi connectivity index (χ0v) is 33.2. The molecule has 286 valence electrons. The number of rotatable bonds is 8. The lowest BCUT2D eigenvalue weighted by molar-refractivity contribution is 0.671. The summed E-state index contributed by atoms with van der Waals surface area (Å²) in [6.07, 6.45) is 0. The topological polar surface area (TPSA) is 38.9 Å². The van der Waals surface area contributed by atoms with E-state index in [0.717, 1.165) is 111 Å². The van der Waals surface area contributed by atoms with Crippen molar-refractivity contribution < 1.29 is 4.42 Å². The van der Waals surface area contributed by atoms with E-state index in [4.69, 9.17) is 14.4 Å². The minimum Gasteiger partial charge on any atom is -0.455 e. The largest absolute Gasteiger partial charge is 0.455 e. The first-order valence-electron chi connectivity index (χ1n) is 20.6. The van der Waals surface area contributed by atoms with Gasteiger partial charge in [0.05, 0.1) is 22.8 Å². The Hall–Kier alpha value is -8.14. The summed E-state index contributed by atoms with van der Waals surface area (Å²) < 4.78 is 7.00. The third-order valence-corrected chi connectivity index (χ3v) is 11.5. The predicted octanol–water partition coefficient (Wildman–Crippen LogP) is 15.7. The second-order valence-corrected chi connectivity index (χ2v) is 15.3. The minimum atomic E-state index is 0.872. The molecule has 0 unspecified atom stereocenters. The molecule has 0 radical (unpaired) electrons. The highest BCUT2D eigenvalue weighted by Crippen LogP contribution is 2.42. The number of pyridine rings is 2. The maximum absolute atomic E-state index is 7.00. The highest BCUT2D eigenvalue weighted by Gasteiger charge is 2.18.